The predicted octanol–water partition coefficient (Wildman–Crippen LogP) is 2.70. The van der Waals surface area contributed by atoms with Crippen molar-refractivity contribution in [2.45, 2.75) is 39.0 Å². The van der Waals surface area contributed by atoms with Gasteiger partial charge in [-0.25, -0.2) is 0 Å². The molecule has 0 spiro atoms. The number of nitrogens with zero attached hydrogens (tertiary/aromatic N) is 2. The first-order valence-electron chi connectivity index (χ1n) is 7.49. The maximum absolute atomic E-state index is 6.02. The van der Waals surface area contributed by atoms with Crippen molar-refractivity contribution < 1.29 is 4.74 Å². The summed E-state index contributed by atoms with van der Waals surface area (Å²) in [4.78, 5) is 6.93. The minimum absolute atomic E-state index is 0.159. The number of anilines is 1. The molecule has 1 saturated heterocycles. The molecule has 1 aliphatic heterocycles. The van der Waals surface area contributed by atoms with Gasteiger partial charge in [-0.2, -0.15) is 0 Å². The Morgan fingerprint density at radius 3 is 2.86 bits per heavy atom. The molecule has 0 bridgehead atoms. The third kappa shape index (κ3) is 2.74. The molecule has 2 aromatic rings. The first-order valence-corrected chi connectivity index (χ1v) is 7.49. The molecular formula is C17H23N3O. The van der Waals surface area contributed by atoms with Gasteiger partial charge in [0.05, 0.1) is 22.9 Å². The molecule has 1 aromatic carbocycles. The third-order valence-corrected chi connectivity index (χ3v) is 3.93. The summed E-state index contributed by atoms with van der Waals surface area (Å²) >= 11 is 0. The van der Waals surface area contributed by atoms with Crippen LogP contribution in [0.25, 0.3) is 10.9 Å². The summed E-state index contributed by atoms with van der Waals surface area (Å²) in [6.45, 7) is 8.64. The summed E-state index contributed by atoms with van der Waals surface area (Å²) in [6, 6.07) is 8.26. The van der Waals surface area contributed by atoms with E-state index < -0.39 is 0 Å². The van der Waals surface area contributed by atoms with E-state index in [9.17, 15) is 0 Å². The lowest BCUT2D eigenvalue weighted by molar-refractivity contribution is -0.0749. The Bertz CT molecular complexity index is 654. The Labute approximate surface area is 125 Å². The molecule has 4 nitrogen and oxygen atoms in total. The summed E-state index contributed by atoms with van der Waals surface area (Å²) < 4.78 is 6.02. The van der Waals surface area contributed by atoms with Crippen LogP contribution in [0.5, 0.6) is 0 Å². The lowest BCUT2D eigenvalue weighted by Crippen LogP contribution is -2.52. The zero-order chi connectivity index (χ0) is 15.0. The second kappa shape index (κ2) is 5.28. The molecule has 1 fully saturated rings. The van der Waals surface area contributed by atoms with Crippen molar-refractivity contribution >= 4 is 16.6 Å². The van der Waals surface area contributed by atoms with Crippen LogP contribution in [0.15, 0.2) is 30.5 Å². The van der Waals surface area contributed by atoms with E-state index in [1.165, 1.54) is 11.1 Å². The van der Waals surface area contributed by atoms with Gasteiger partial charge in [0.15, 0.2) is 0 Å². The van der Waals surface area contributed by atoms with Gasteiger partial charge in [-0.15, -0.1) is 0 Å². The Hall–Kier alpha value is -1.65. The highest BCUT2D eigenvalue weighted by Gasteiger charge is 2.32. The van der Waals surface area contributed by atoms with E-state index in [4.69, 9.17) is 10.5 Å². The van der Waals surface area contributed by atoms with Gasteiger partial charge >= 0.3 is 0 Å². The van der Waals surface area contributed by atoms with Crippen molar-refractivity contribution in [1.29, 1.82) is 0 Å². The van der Waals surface area contributed by atoms with E-state index in [-0.39, 0.29) is 11.7 Å². The SMILES string of the molecule is CC1CN(c2c(CN)cnc3ccccc23)CC(C)(C)O1. The molecule has 0 amide bonds. The standard InChI is InChI=1S/C17H23N3O/c1-12-10-20(11-17(2,3)21-12)16-13(8-18)9-19-15-7-5-4-6-14(15)16/h4-7,9,12H,8,10-11,18H2,1-3H3. The number of morpholine rings is 1. The normalized spacial score (nSPS) is 21.7. The highest BCUT2D eigenvalue weighted by Crippen LogP contribution is 2.33. The number of para-hydroxylation sites is 1. The van der Waals surface area contributed by atoms with Crippen LogP contribution in [0, 0.1) is 0 Å². The molecule has 1 aliphatic rings. The number of benzene rings is 1. The lowest BCUT2D eigenvalue weighted by atomic mass is 10.0. The van der Waals surface area contributed by atoms with E-state index in [0.717, 1.165) is 24.2 Å². The highest BCUT2D eigenvalue weighted by molar-refractivity contribution is 5.93. The van der Waals surface area contributed by atoms with Crippen LogP contribution >= 0.6 is 0 Å². The number of nitrogens with two attached hydrogens (primary N) is 1. The van der Waals surface area contributed by atoms with Gasteiger partial charge in [-0.3, -0.25) is 4.98 Å². The van der Waals surface area contributed by atoms with Crippen LogP contribution in [-0.4, -0.2) is 29.8 Å². The fourth-order valence-corrected chi connectivity index (χ4v) is 3.31. The molecule has 3 rings (SSSR count). The first-order chi connectivity index (χ1) is 10.00. The lowest BCUT2D eigenvalue weighted by Gasteiger charge is -2.43. The van der Waals surface area contributed by atoms with Gasteiger partial charge in [0.25, 0.3) is 0 Å². The molecule has 1 atom stereocenters. The Kier molecular flexibility index (Phi) is 3.59. The van der Waals surface area contributed by atoms with Crippen LogP contribution in [0.2, 0.25) is 0 Å². The molecule has 112 valence electrons. The topological polar surface area (TPSA) is 51.4 Å². The molecule has 1 unspecified atom stereocenters. The minimum Gasteiger partial charge on any atom is -0.369 e. The van der Waals surface area contributed by atoms with E-state index in [0.29, 0.717) is 6.54 Å². The second-order valence-electron chi connectivity index (χ2n) is 6.42. The van der Waals surface area contributed by atoms with Crippen molar-refractivity contribution in [2.24, 2.45) is 5.73 Å². The maximum atomic E-state index is 6.02. The van der Waals surface area contributed by atoms with Crippen molar-refractivity contribution in [3.05, 3.63) is 36.0 Å². The Morgan fingerprint density at radius 1 is 1.38 bits per heavy atom. The molecule has 1 aromatic heterocycles. The first kappa shape index (κ1) is 14.3. The monoisotopic (exact) mass is 285 g/mol. The van der Waals surface area contributed by atoms with E-state index in [1.807, 2.05) is 18.3 Å². The van der Waals surface area contributed by atoms with E-state index in [2.05, 4.69) is 42.8 Å². The average molecular weight is 285 g/mol. The number of pyridine rings is 1. The van der Waals surface area contributed by atoms with Gasteiger partial charge < -0.3 is 15.4 Å². The number of hydrogen-bond donors (Lipinski definition) is 1. The zero-order valence-electron chi connectivity index (χ0n) is 13.0. The van der Waals surface area contributed by atoms with Crippen molar-refractivity contribution in [3.63, 3.8) is 0 Å². The van der Waals surface area contributed by atoms with Crippen LogP contribution < -0.4 is 10.6 Å². The van der Waals surface area contributed by atoms with Crippen LogP contribution in [-0.2, 0) is 11.3 Å². The van der Waals surface area contributed by atoms with Gasteiger partial charge in [0.2, 0.25) is 0 Å². The molecule has 0 saturated carbocycles. The number of aromatic nitrogens is 1. The molecule has 4 heteroatoms. The number of ether oxygens (including phenoxy) is 1. The van der Waals surface area contributed by atoms with Crippen LogP contribution in [0.3, 0.4) is 0 Å². The average Bonchev–Trinajstić information content (AvgIpc) is 2.43. The highest BCUT2D eigenvalue weighted by atomic mass is 16.5. The number of rotatable bonds is 2. The Balaban J connectivity index is 2.14. The van der Waals surface area contributed by atoms with Gasteiger partial charge in [-0.05, 0) is 26.8 Å². The Morgan fingerprint density at radius 2 is 2.14 bits per heavy atom. The third-order valence-electron chi connectivity index (χ3n) is 3.93. The number of hydrogen-bond acceptors (Lipinski definition) is 4. The summed E-state index contributed by atoms with van der Waals surface area (Å²) in [5.41, 5.74) is 9.12. The van der Waals surface area contributed by atoms with Gasteiger partial charge in [0, 0.05) is 36.8 Å². The van der Waals surface area contributed by atoms with Crippen molar-refractivity contribution in [2.75, 3.05) is 18.0 Å². The molecule has 0 radical (unpaired) electrons. The minimum atomic E-state index is -0.159. The van der Waals surface area contributed by atoms with Crippen LogP contribution in [0.1, 0.15) is 26.3 Å². The molecule has 21 heavy (non-hydrogen) atoms. The van der Waals surface area contributed by atoms with Gasteiger partial charge in [0.1, 0.15) is 0 Å². The number of fused-ring (bicyclic) bond motifs is 1. The fraction of sp³-hybridized carbons (Fsp3) is 0.471. The quantitative estimate of drug-likeness (QED) is 0.921. The zero-order valence-corrected chi connectivity index (χ0v) is 13.0. The van der Waals surface area contributed by atoms with Crippen molar-refractivity contribution in [3.8, 4) is 0 Å². The molecule has 0 aliphatic carbocycles. The smallest absolute Gasteiger partial charge is 0.0805 e. The van der Waals surface area contributed by atoms with Gasteiger partial charge in [-0.1, -0.05) is 18.2 Å². The van der Waals surface area contributed by atoms with E-state index in [1.54, 1.807) is 0 Å². The summed E-state index contributed by atoms with van der Waals surface area (Å²) in [5.74, 6) is 0. The maximum Gasteiger partial charge on any atom is 0.0805 e. The van der Waals surface area contributed by atoms with Crippen LogP contribution in [0.4, 0.5) is 5.69 Å². The van der Waals surface area contributed by atoms with Crippen molar-refractivity contribution in [1.82, 2.24) is 4.98 Å². The predicted molar refractivity (Wildman–Crippen MR) is 86.5 cm³/mol. The molecular weight excluding hydrogens is 262 g/mol. The second-order valence-corrected chi connectivity index (χ2v) is 6.42. The summed E-state index contributed by atoms with van der Waals surface area (Å²) in [6.07, 6.45) is 2.11. The molecule has 2 heterocycles. The summed E-state index contributed by atoms with van der Waals surface area (Å²) in [5, 5.41) is 1.17. The van der Waals surface area contributed by atoms with E-state index >= 15 is 0 Å². The summed E-state index contributed by atoms with van der Waals surface area (Å²) in [7, 11) is 0. The fourth-order valence-electron chi connectivity index (χ4n) is 3.31. The molecule has 2 N–H and O–H groups in total. The largest absolute Gasteiger partial charge is 0.369 e.